The molecule has 3 N–H and O–H groups in total. The number of carbonyl (C=O) groups is 2. The normalized spacial score (nSPS) is 11.4. The van der Waals surface area contributed by atoms with Gasteiger partial charge in [0, 0.05) is 26.1 Å². The van der Waals surface area contributed by atoms with Gasteiger partial charge in [-0.05, 0) is 32.1 Å². The Morgan fingerprint density at radius 2 is 1.20 bits per heavy atom. The van der Waals surface area contributed by atoms with Gasteiger partial charge in [0.15, 0.2) is 0 Å². The summed E-state index contributed by atoms with van der Waals surface area (Å²) in [5.41, 5.74) is -0.776. The van der Waals surface area contributed by atoms with Crippen LogP contribution in [0.3, 0.4) is 0 Å². The van der Waals surface area contributed by atoms with Crippen LogP contribution in [0.2, 0.25) is 0 Å². The van der Waals surface area contributed by atoms with Gasteiger partial charge in [0.2, 0.25) is 0 Å². The number of hydrogen-bond donors (Lipinski definition) is 3. The Labute approximate surface area is 150 Å². The lowest BCUT2D eigenvalue weighted by molar-refractivity contribution is -0.156. The van der Waals surface area contributed by atoms with Crippen molar-refractivity contribution in [2.45, 2.75) is 64.7 Å². The van der Waals surface area contributed by atoms with Gasteiger partial charge in [-0.15, -0.1) is 0 Å². The van der Waals surface area contributed by atoms with E-state index in [4.69, 9.17) is 19.7 Å². The zero-order valence-corrected chi connectivity index (χ0v) is 15.4. The Hall–Kier alpha value is -1.18. The summed E-state index contributed by atoms with van der Waals surface area (Å²) in [6.45, 7) is 1.86. The first-order valence-electron chi connectivity index (χ1n) is 9.17. The van der Waals surface area contributed by atoms with Gasteiger partial charge in [-0.2, -0.15) is 0 Å². The first-order valence-corrected chi connectivity index (χ1v) is 9.17. The second-order valence-corrected chi connectivity index (χ2v) is 6.40. The molecule has 0 aromatic rings. The lowest BCUT2D eigenvalue weighted by atomic mass is 9.88. The van der Waals surface area contributed by atoms with E-state index in [9.17, 15) is 14.7 Å². The predicted octanol–water partition coefficient (Wildman–Crippen LogP) is 1.57. The molecule has 25 heavy (non-hydrogen) atoms. The summed E-state index contributed by atoms with van der Waals surface area (Å²) < 4.78 is 10.5. The monoisotopic (exact) mass is 362 g/mol. The van der Waals surface area contributed by atoms with Crippen molar-refractivity contribution in [3.63, 3.8) is 0 Å². The molecule has 0 bridgehead atoms. The molecule has 0 fully saturated rings. The molecule has 0 saturated carbocycles. The maximum Gasteiger partial charge on any atom is 0.305 e. The number of rotatable bonds is 16. The van der Waals surface area contributed by atoms with Crippen molar-refractivity contribution in [2.24, 2.45) is 5.41 Å². The average Bonchev–Trinajstić information content (AvgIpc) is 2.63. The Balaban J connectivity index is 4.17. The van der Waals surface area contributed by atoms with E-state index in [0.29, 0.717) is 32.1 Å². The quantitative estimate of drug-likeness (QED) is 0.282. The van der Waals surface area contributed by atoms with Crippen LogP contribution in [0.15, 0.2) is 0 Å². The first-order chi connectivity index (χ1) is 12.0. The van der Waals surface area contributed by atoms with Crippen molar-refractivity contribution in [1.82, 2.24) is 0 Å². The summed E-state index contributed by atoms with van der Waals surface area (Å²) in [4.78, 5) is 23.5. The van der Waals surface area contributed by atoms with Gasteiger partial charge in [0.1, 0.15) is 13.2 Å². The van der Waals surface area contributed by atoms with Crippen LogP contribution in [0.4, 0.5) is 0 Å². The van der Waals surface area contributed by atoms with Crippen molar-refractivity contribution >= 4 is 11.9 Å². The zero-order valence-electron chi connectivity index (χ0n) is 15.4. The van der Waals surface area contributed by atoms with Crippen molar-refractivity contribution < 1.29 is 34.4 Å². The van der Waals surface area contributed by atoms with Crippen LogP contribution in [0.5, 0.6) is 0 Å². The minimum absolute atomic E-state index is 0.0105. The highest BCUT2D eigenvalue weighted by Crippen LogP contribution is 2.23. The number of aliphatic hydroxyl groups excluding tert-OH is 3. The van der Waals surface area contributed by atoms with Crippen LogP contribution in [-0.2, 0) is 19.1 Å². The van der Waals surface area contributed by atoms with E-state index < -0.39 is 5.41 Å². The Morgan fingerprint density at radius 3 is 1.52 bits per heavy atom. The molecule has 0 atom stereocenters. The van der Waals surface area contributed by atoms with E-state index >= 15 is 0 Å². The van der Waals surface area contributed by atoms with Gasteiger partial charge in [-0.1, -0.05) is 19.8 Å². The van der Waals surface area contributed by atoms with E-state index in [0.717, 1.165) is 12.8 Å². The van der Waals surface area contributed by atoms with Crippen molar-refractivity contribution in [3.05, 3.63) is 0 Å². The van der Waals surface area contributed by atoms with Crippen LogP contribution < -0.4 is 0 Å². The van der Waals surface area contributed by atoms with E-state index in [1.165, 1.54) is 0 Å². The molecule has 7 heteroatoms. The fraction of sp³-hybridized carbons (Fsp3) is 0.889. The van der Waals surface area contributed by atoms with E-state index in [1.807, 2.05) is 6.92 Å². The van der Waals surface area contributed by atoms with Crippen molar-refractivity contribution in [1.29, 1.82) is 0 Å². The van der Waals surface area contributed by atoms with Gasteiger partial charge in [0.05, 0.1) is 12.0 Å². The summed E-state index contributed by atoms with van der Waals surface area (Å²) in [6, 6.07) is 0. The summed E-state index contributed by atoms with van der Waals surface area (Å²) in [6.07, 6.45) is 5.22. The number of esters is 2. The molecular formula is C18H34O7. The number of aliphatic hydroxyl groups is 3. The summed E-state index contributed by atoms with van der Waals surface area (Å²) in [5.74, 6) is -0.695. The molecule has 7 nitrogen and oxygen atoms in total. The average molecular weight is 362 g/mol. The third kappa shape index (κ3) is 11.9. The minimum atomic E-state index is -0.776. The highest BCUT2D eigenvalue weighted by Gasteiger charge is 2.31. The maximum atomic E-state index is 11.7. The molecule has 0 heterocycles. The molecule has 0 aliphatic heterocycles. The molecule has 0 aromatic carbocycles. The minimum Gasteiger partial charge on any atom is -0.465 e. The lowest BCUT2D eigenvalue weighted by Gasteiger charge is -2.29. The molecule has 0 aromatic heterocycles. The van der Waals surface area contributed by atoms with Crippen LogP contribution in [-0.4, -0.2) is 60.3 Å². The topological polar surface area (TPSA) is 113 Å². The molecule has 0 aliphatic carbocycles. The molecular weight excluding hydrogens is 328 g/mol. The maximum absolute atomic E-state index is 11.7. The van der Waals surface area contributed by atoms with E-state index in [2.05, 4.69) is 0 Å². The number of unbranched alkanes of at least 4 members (excludes halogenated alkanes) is 4. The molecule has 0 spiro atoms. The second kappa shape index (κ2) is 15.1. The van der Waals surface area contributed by atoms with Crippen LogP contribution >= 0.6 is 0 Å². The van der Waals surface area contributed by atoms with E-state index in [1.54, 1.807) is 0 Å². The molecule has 0 aliphatic rings. The smallest absolute Gasteiger partial charge is 0.305 e. The van der Waals surface area contributed by atoms with E-state index in [-0.39, 0.29) is 57.8 Å². The van der Waals surface area contributed by atoms with Gasteiger partial charge in [-0.25, -0.2) is 0 Å². The first kappa shape index (κ1) is 23.8. The predicted molar refractivity (Wildman–Crippen MR) is 92.8 cm³/mol. The van der Waals surface area contributed by atoms with Gasteiger partial charge in [0.25, 0.3) is 0 Å². The highest BCUT2D eigenvalue weighted by atomic mass is 16.5. The fourth-order valence-corrected chi connectivity index (χ4v) is 2.18. The third-order valence-corrected chi connectivity index (χ3v) is 4.24. The highest BCUT2D eigenvalue weighted by molar-refractivity contribution is 5.69. The molecule has 148 valence electrons. The van der Waals surface area contributed by atoms with Gasteiger partial charge < -0.3 is 24.8 Å². The number of carbonyl (C=O) groups excluding carboxylic acids is 2. The molecule has 0 rings (SSSR count). The van der Waals surface area contributed by atoms with Gasteiger partial charge in [-0.3, -0.25) is 9.59 Å². The lowest BCUT2D eigenvalue weighted by Crippen LogP contribution is -2.37. The number of hydrogen-bond acceptors (Lipinski definition) is 7. The fourth-order valence-electron chi connectivity index (χ4n) is 2.18. The SMILES string of the molecule is CCC(CO)(COC(=O)CCCCCO)COC(=O)CCCCCO. The van der Waals surface area contributed by atoms with Crippen LogP contribution in [0, 0.1) is 5.41 Å². The standard InChI is InChI=1S/C18H34O7/c1-2-18(13-21,14-24-16(22)9-5-3-7-11-19)15-25-17(23)10-6-4-8-12-20/h19-21H,2-15H2,1H3. The van der Waals surface area contributed by atoms with Crippen molar-refractivity contribution in [2.75, 3.05) is 33.0 Å². The van der Waals surface area contributed by atoms with Crippen LogP contribution in [0.25, 0.3) is 0 Å². The molecule has 0 amide bonds. The molecule has 0 saturated heterocycles. The van der Waals surface area contributed by atoms with Crippen molar-refractivity contribution in [3.8, 4) is 0 Å². The summed E-state index contributed by atoms with van der Waals surface area (Å²) in [7, 11) is 0. The number of ether oxygens (including phenoxy) is 2. The Morgan fingerprint density at radius 1 is 0.760 bits per heavy atom. The summed E-state index contributed by atoms with van der Waals surface area (Å²) in [5, 5.41) is 27.0. The van der Waals surface area contributed by atoms with Gasteiger partial charge >= 0.3 is 11.9 Å². The largest absolute Gasteiger partial charge is 0.465 e. The third-order valence-electron chi connectivity index (χ3n) is 4.24. The Kier molecular flexibility index (Phi) is 14.4. The summed E-state index contributed by atoms with van der Waals surface area (Å²) >= 11 is 0. The second-order valence-electron chi connectivity index (χ2n) is 6.40. The Bertz CT molecular complexity index is 323. The van der Waals surface area contributed by atoms with Crippen LogP contribution in [0.1, 0.15) is 64.7 Å². The molecule has 0 unspecified atom stereocenters. The molecule has 0 radical (unpaired) electrons. The zero-order chi connectivity index (χ0) is 19.0.